The number of hydrogen-bond donors (Lipinski definition) is 2. The Labute approximate surface area is 142 Å². The van der Waals surface area contributed by atoms with E-state index in [1.165, 1.54) is 12.1 Å². The van der Waals surface area contributed by atoms with E-state index >= 15 is 0 Å². The number of benzene rings is 1. The molecule has 0 spiro atoms. The molecule has 3 N–H and O–H groups in total. The van der Waals surface area contributed by atoms with Crippen molar-refractivity contribution in [3.8, 4) is 0 Å². The summed E-state index contributed by atoms with van der Waals surface area (Å²) in [6.07, 6.45) is 4.57. The predicted molar refractivity (Wildman–Crippen MR) is 89.7 cm³/mol. The minimum atomic E-state index is -3.92. The van der Waals surface area contributed by atoms with Gasteiger partial charge in [-0.25, -0.2) is 21.6 Å². The highest BCUT2D eigenvalue weighted by Crippen LogP contribution is 2.28. The molecule has 0 heterocycles. The molecule has 2 atom stereocenters. The summed E-state index contributed by atoms with van der Waals surface area (Å²) < 4.78 is 51.2. The van der Waals surface area contributed by atoms with E-state index in [1.54, 1.807) is 0 Å². The second kappa shape index (κ2) is 7.06. The molecular weight excluding hydrogens is 360 g/mol. The van der Waals surface area contributed by atoms with Crippen LogP contribution in [0.1, 0.15) is 25.7 Å². The SMILES string of the molecule is CS(=O)(=O)c1ccc(Cl)c(S(=O)(=O)N[C@H]2CCCC[C@H]2CN)c1. The summed E-state index contributed by atoms with van der Waals surface area (Å²) in [4.78, 5) is -0.301. The third-order valence-corrected chi connectivity index (χ3v) is 7.22. The molecule has 6 nitrogen and oxygen atoms in total. The number of rotatable bonds is 5. The molecule has 9 heteroatoms. The first-order valence-electron chi connectivity index (χ1n) is 7.37. The van der Waals surface area contributed by atoms with Crippen molar-refractivity contribution < 1.29 is 16.8 Å². The van der Waals surface area contributed by atoms with Crippen LogP contribution in [-0.4, -0.2) is 35.7 Å². The minimum absolute atomic E-state index is 0.00925. The van der Waals surface area contributed by atoms with Crippen LogP contribution >= 0.6 is 11.6 Å². The minimum Gasteiger partial charge on any atom is -0.330 e. The third-order valence-electron chi connectivity index (χ3n) is 4.14. The quantitative estimate of drug-likeness (QED) is 0.805. The molecule has 23 heavy (non-hydrogen) atoms. The van der Waals surface area contributed by atoms with Gasteiger partial charge in [-0.15, -0.1) is 0 Å². The van der Waals surface area contributed by atoms with E-state index in [0.29, 0.717) is 13.0 Å². The van der Waals surface area contributed by atoms with Crippen molar-refractivity contribution in [1.29, 1.82) is 0 Å². The summed E-state index contributed by atoms with van der Waals surface area (Å²) in [5, 5.41) is -0.00925. The van der Waals surface area contributed by atoms with Gasteiger partial charge >= 0.3 is 0 Å². The lowest BCUT2D eigenvalue weighted by Gasteiger charge is -2.31. The van der Waals surface area contributed by atoms with E-state index in [0.717, 1.165) is 31.6 Å². The molecule has 0 unspecified atom stereocenters. The van der Waals surface area contributed by atoms with Crippen molar-refractivity contribution in [3.63, 3.8) is 0 Å². The van der Waals surface area contributed by atoms with Crippen molar-refractivity contribution in [3.05, 3.63) is 23.2 Å². The molecule has 1 fully saturated rings. The van der Waals surface area contributed by atoms with Crippen LogP contribution in [-0.2, 0) is 19.9 Å². The summed E-state index contributed by atoms with van der Waals surface area (Å²) in [5.74, 6) is 0.0791. The Balaban J connectivity index is 2.36. The molecule has 1 saturated carbocycles. The molecule has 0 amide bonds. The first-order chi connectivity index (χ1) is 10.6. The highest BCUT2D eigenvalue weighted by atomic mass is 35.5. The Morgan fingerprint density at radius 1 is 1.22 bits per heavy atom. The van der Waals surface area contributed by atoms with Gasteiger partial charge in [0.05, 0.1) is 9.92 Å². The fraction of sp³-hybridized carbons (Fsp3) is 0.571. The van der Waals surface area contributed by atoms with Gasteiger partial charge in [-0.05, 0) is 43.5 Å². The smallest absolute Gasteiger partial charge is 0.242 e. The number of sulfone groups is 1. The van der Waals surface area contributed by atoms with Crippen molar-refractivity contribution in [1.82, 2.24) is 4.72 Å². The van der Waals surface area contributed by atoms with Crippen molar-refractivity contribution in [2.45, 2.75) is 41.5 Å². The standard InChI is InChI=1S/C14H21ClN2O4S2/c1-22(18,19)11-6-7-12(15)14(8-11)23(20,21)17-13-5-3-2-4-10(13)9-16/h6-8,10,13,17H,2-5,9,16H2,1H3/t10-,13-/m0/s1. The van der Waals surface area contributed by atoms with Gasteiger partial charge in [0.2, 0.25) is 10.0 Å². The normalized spacial score (nSPS) is 22.9. The predicted octanol–water partition coefficient (Wildman–Crippen LogP) is 1.54. The van der Waals surface area contributed by atoms with Crippen LogP contribution in [0.25, 0.3) is 0 Å². The van der Waals surface area contributed by atoms with E-state index in [9.17, 15) is 16.8 Å². The summed E-state index contributed by atoms with van der Waals surface area (Å²) >= 11 is 5.98. The maximum absolute atomic E-state index is 12.6. The number of nitrogens with one attached hydrogen (secondary N) is 1. The van der Waals surface area contributed by atoms with E-state index in [-0.39, 0.29) is 26.8 Å². The zero-order valence-corrected chi connectivity index (χ0v) is 15.2. The lowest BCUT2D eigenvalue weighted by molar-refractivity contribution is 0.296. The second-order valence-electron chi connectivity index (χ2n) is 5.87. The van der Waals surface area contributed by atoms with Gasteiger partial charge in [0.1, 0.15) is 4.90 Å². The summed E-state index contributed by atoms with van der Waals surface area (Å²) in [7, 11) is -7.44. The van der Waals surface area contributed by atoms with Gasteiger partial charge in [0.15, 0.2) is 9.84 Å². The maximum atomic E-state index is 12.6. The van der Waals surface area contributed by atoms with E-state index < -0.39 is 19.9 Å². The number of hydrogen-bond acceptors (Lipinski definition) is 5. The van der Waals surface area contributed by atoms with Gasteiger partial charge < -0.3 is 5.73 Å². The fourth-order valence-electron chi connectivity index (χ4n) is 2.83. The molecule has 0 aromatic heterocycles. The molecule has 0 bridgehead atoms. The van der Waals surface area contributed by atoms with E-state index in [1.807, 2.05) is 0 Å². The zero-order chi connectivity index (χ0) is 17.3. The molecule has 1 aromatic rings. The highest BCUT2D eigenvalue weighted by molar-refractivity contribution is 7.91. The molecule has 1 aliphatic carbocycles. The molecule has 0 radical (unpaired) electrons. The summed E-state index contributed by atoms with van der Waals surface area (Å²) in [6, 6.07) is 3.42. The van der Waals surface area contributed by atoms with Gasteiger partial charge in [0, 0.05) is 12.3 Å². The van der Waals surface area contributed by atoms with Gasteiger partial charge in [-0.1, -0.05) is 24.4 Å². The van der Waals surface area contributed by atoms with Crippen LogP contribution in [0.5, 0.6) is 0 Å². The molecule has 130 valence electrons. The number of halogens is 1. The Morgan fingerprint density at radius 2 is 1.87 bits per heavy atom. The molecule has 0 aliphatic heterocycles. The van der Waals surface area contributed by atoms with Crippen molar-refractivity contribution >= 4 is 31.5 Å². The Kier molecular flexibility index (Phi) is 5.73. The van der Waals surface area contributed by atoms with Crippen LogP contribution in [0.3, 0.4) is 0 Å². The molecule has 2 rings (SSSR count). The first kappa shape index (κ1) is 18.7. The largest absolute Gasteiger partial charge is 0.330 e. The molecule has 1 aliphatic rings. The molecule has 0 saturated heterocycles. The summed E-state index contributed by atoms with van der Waals surface area (Å²) in [6.45, 7) is 0.407. The fourth-order valence-corrected chi connectivity index (χ4v) is 5.41. The Morgan fingerprint density at radius 3 is 2.48 bits per heavy atom. The molecule has 1 aromatic carbocycles. The lowest BCUT2D eigenvalue weighted by atomic mass is 9.85. The van der Waals surface area contributed by atoms with Crippen LogP contribution in [0, 0.1) is 5.92 Å². The Bertz CT molecular complexity index is 778. The third kappa shape index (κ3) is 4.45. The highest BCUT2D eigenvalue weighted by Gasteiger charge is 2.30. The van der Waals surface area contributed by atoms with Gasteiger partial charge in [-0.2, -0.15) is 0 Å². The lowest BCUT2D eigenvalue weighted by Crippen LogP contribution is -2.44. The van der Waals surface area contributed by atoms with Crippen LogP contribution in [0.15, 0.2) is 28.0 Å². The monoisotopic (exact) mass is 380 g/mol. The average Bonchev–Trinajstić information content (AvgIpc) is 2.46. The van der Waals surface area contributed by atoms with E-state index in [4.69, 9.17) is 17.3 Å². The molecular formula is C14H21ClN2O4S2. The van der Waals surface area contributed by atoms with Crippen molar-refractivity contribution in [2.24, 2.45) is 11.7 Å². The Hall–Kier alpha value is -0.670. The van der Waals surface area contributed by atoms with Crippen molar-refractivity contribution in [2.75, 3.05) is 12.8 Å². The number of sulfonamides is 1. The van der Waals surface area contributed by atoms with Crippen LogP contribution < -0.4 is 10.5 Å². The van der Waals surface area contributed by atoms with Crippen LogP contribution in [0.2, 0.25) is 5.02 Å². The number of nitrogens with two attached hydrogens (primary N) is 1. The average molecular weight is 381 g/mol. The zero-order valence-electron chi connectivity index (χ0n) is 12.8. The summed E-state index contributed by atoms with van der Waals surface area (Å²) in [5.41, 5.74) is 5.72. The second-order valence-corrected chi connectivity index (χ2v) is 9.98. The topological polar surface area (TPSA) is 106 Å². The maximum Gasteiger partial charge on any atom is 0.242 e. The van der Waals surface area contributed by atoms with Gasteiger partial charge in [0.25, 0.3) is 0 Å². The van der Waals surface area contributed by atoms with E-state index in [2.05, 4.69) is 4.72 Å². The van der Waals surface area contributed by atoms with Gasteiger partial charge in [-0.3, -0.25) is 0 Å². The van der Waals surface area contributed by atoms with Crippen LogP contribution in [0.4, 0.5) is 0 Å². The first-order valence-corrected chi connectivity index (χ1v) is 11.1.